The van der Waals surface area contributed by atoms with Gasteiger partial charge in [-0.25, -0.2) is 0 Å². The molecular formula is C19H31N. The Bertz CT molecular complexity index is 412. The molecule has 0 aliphatic carbocycles. The van der Waals surface area contributed by atoms with Gasteiger partial charge in [-0.15, -0.1) is 0 Å². The van der Waals surface area contributed by atoms with Crippen LogP contribution in [-0.4, -0.2) is 24.5 Å². The van der Waals surface area contributed by atoms with E-state index in [9.17, 15) is 0 Å². The Morgan fingerprint density at radius 1 is 1.05 bits per heavy atom. The topological polar surface area (TPSA) is 3.24 Å². The molecule has 112 valence electrons. The normalized spacial score (nSPS) is 24.9. The number of likely N-dealkylation sites (tertiary alicyclic amines) is 1. The Kier molecular flexibility index (Phi) is 4.90. The fourth-order valence-electron chi connectivity index (χ4n) is 3.01. The van der Waals surface area contributed by atoms with Gasteiger partial charge < -0.3 is 4.90 Å². The smallest absolute Gasteiger partial charge is 0.00219 e. The highest BCUT2D eigenvalue weighted by atomic mass is 15.1. The molecule has 0 amide bonds. The van der Waals surface area contributed by atoms with Crippen LogP contribution in [-0.2, 0) is 11.8 Å². The molecule has 1 nitrogen and oxygen atoms in total. The number of nitrogens with zero attached hydrogens (tertiary/aromatic N) is 1. The summed E-state index contributed by atoms with van der Waals surface area (Å²) >= 11 is 0. The molecule has 0 saturated carbocycles. The average Bonchev–Trinajstić information content (AvgIpc) is 2.40. The van der Waals surface area contributed by atoms with Crippen molar-refractivity contribution in [2.24, 2.45) is 11.8 Å². The van der Waals surface area contributed by atoms with Crippen molar-refractivity contribution in [3.05, 3.63) is 35.4 Å². The largest absolute Gasteiger partial charge is 0.303 e. The predicted octanol–water partition coefficient (Wildman–Crippen LogP) is 4.50. The van der Waals surface area contributed by atoms with Gasteiger partial charge in [-0.2, -0.15) is 0 Å². The van der Waals surface area contributed by atoms with E-state index in [-0.39, 0.29) is 5.41 Å². The van der Waals surface area contributed by atoms with Gasteiger partial charge in [0, 0.05) is 13.1 Å². The number of benzene rings is 1. The summed E-state index contributed by atoms with van der Waals surface area (Å²) in [4.78, 5) is 2.64. The van der Waals surface area contributed by atoms with Crippen LogP contribution in [0.25, 0.3) is 0 Å². The van der Waals surface area contributed by atoms with Gasteiger partial charge in [0.25, 0.3) is 0 Å². The molecule has 0 spiro atoms. The minimum atomic E-state index is 0.261. The second kappa shape index (κ2) is 6.30. The first-order valence-corrected chi connectivity index (χ1v) is 8.18. The van der Waals surface area contributed by atoms with Crippen molar-refractivity contribution in [1.82, 2.24) is 4.90 Å². The van der Waals surface area contributed by atoms with Crippen molar-refractivity contribution >= 4 is 0 Å². The SMILES string of the molecule is C[C@@H]1CCN(CCc2ccc(C(C)(C)C)cc2)C[C@H]1C. The lowest BCUT2D eigenvalue weighted by Gasteiger charge is -2.35. The van der Waals surface area contributed by atoms with Gasteiger partial charge in [-0.05, 0) is 47.8 Å². The second-order valence-electron chi connectivity index (χ2n) is 7.74. The van der Waals surface area contributed by atoms with Gasteiger partial charge in [0.2, 0.25) is 0 Å². The lowest BCUT2D eigenvalue weighted by Crippen LogP contribution is -2.39. The van der Waals surface area contributed by atoms with Crippen molar-refractivity contribution in [3.8, 4) is 0 Å². The van der Waals surface area contributed by atoms with E-state index in [1.54, 1.807) is 0 Å². The van der Waals surface area contributed by atoms with Crippen LogP contribution in [0, 0.1) is 11.8 Å². The predicted molar refractivity (Wildman–Crippen MR) is 88.2 cm³/mol. The molecule has 2 atom stereocenters. The Morgan fingerprint density at radius 2 is 1.70 bits per heavy atom. The summed E-state index contributed by atoms with van der Waals surface area (Å²) in [5, 5.41) is 0. The molecule has 1 aromatic carbocycles. The van der Waals surface area contributed by atoms with Crippen molar-refractivity contribution < 1.29 is 0 Å². The molecule has 20 heavy (non-hydrogen) atoms. The molecule has 1 heteroatoms. The Labute approximate surface area is 125 Å². The molecule has 1 aliphatic heterocycles. The van der Waals surface area contributed by atoms with Gasteiger partial charge in [-0.3, -0.25) is 0 Å². The van der Waals surface area contributed by atoms with E-state index in [2.05, 4.69) is 63.8 Å². The monoisotopic (exact) mass is 273 g/mol. The Balaban J connectivity index is 1.85. The first kappa shape index (κ1) is 15.6. The zero-order valence-electron chi connectivity index (χ0n) is 13.9. The van der Waals surface area contributed by atoms with Crippen LogP contribution in [0.2, 0.25) is 0 Å². The fraction of sp³-hybridized carbons (Fsp3) is 0.684. The summed E-state index contributed by atoms with van der Waals surface area (Å²) in [6.07, 6.45) is 2.55. The number of rotatable bonds is 3. The van der Waals surface area contributed by atoms with Crippen LogP contribution in [0.1, 0.15) is 52.2 Å². The van der Waals surface area contributed by atoms with E-state index in [4.69, 9.17) is 0 Å². The lowest BCUT2D eigenvalue weighted by molar-refractivity contribution is 0.140. The number of piperidine rings is 1. The first-order valence-electron chi connectivity index (χ1n) is 8.18. The Hall–Kier alpha value is -0.820. The first-order chi connectivity index (χ1) is 9.36. The standard InChI is InChI=1S/C19H31N/c1-15-10-12-20(14-16(15)2)13-11-17-6-8-18(9-7-17)19(3,4)5/h6-9,15-16H,10-14H2,1-5H3/t15-,16-/m1/s1. The van der Waals surface area contributed by atoms with Crippen molar-refractivity contribution in [2.45, 2.75) is 52.9 Å². The summed E-state index contributed by atoms with van der Waals surface area (Å²) in [6.45, 7) is 15.4. The number of hydrogen-bond donors (Lipinski definition) is 0. The minimum absolute atomic E-state index is 0.261. The molecule has 0 unspecified atom stereocenters. The van der Waals surface area contributed by atoms with E-state index < -0.39 is 0 Å². The molecule has 1 heterocycles. The van der Waals surface area contributed by atoms with Gasteiger partial charge in [-0.1, -0.05) is 58.9 Å². The third-order valence-electron chi connectivity index (χ3n) is 4.95. The molecule has 1 aromatic rings. The number of hydrogen-bond acceptors (Lipinski definition) is 1. The highest BCUT2D eigenvalue weighted by Gasteiger charge is 2.22. The maximum absolute atomic E-state index is 2.64. The Morgan fingerprint density at radius 3 is 2.25 bits per heavy atom. The highest BCUT2D eigenvalue weighted by Crippen LogP contribution is 2.24. The highest BCUT2D eigenvalue weighted by molar-refractivity contribution is 5.27. The maximum atomic E-state index is 2.64. The molecule has 0 bridgehead atoms. The van der Waals surface area contributed by atoms with Crippen LogP contribution >= 0.6 is 0 Å². The van der Waals surface area contributed by atoms with E-state index in [0.29, 0.717) is 0 Å². The summed E-state index contributed by atoms with van der Waals surface area (Å²) in [6, 6.07) is 9.24. The summed E-state index contributed by atoms with van der Waals surface area (Å²) in [7, 11) is 0. The van der Waals surface area contributed by atoms with Crippen LogP contribution in [0.5, 0.6) is 0 Å². The van der Waals surface area contributed by atoms with Gasteiger partial charge >= 0.3 is 0 Å². The van der Waals surface area contributed by atoms with Crippen LogP contribution in [0.4, 0.5) is 0 Å². The molecule has 0 aromatic heterocycles. The fourth-order valence-corrected chi connectivity index (χ4v) is 3.01. The quantitative estimate of drug-likeness (QED) is 0.783. The molecular weight excluding hydrogens is 242 g/mol. The van der Waals surface area contributed by atoms with Gasteiger partial charge in [0.1, 0.15) is 0 Å². The minimum Gasteiger partial charge on any atom is -0.303 e. The molecule has 1 aliphatic rings. The molecule has 0 N–H and O–H groups in total. The summed E-state index contributed by atoms with van der Waals surface area (Å²) < 4.78 is 0. The van der Waals surface area contributed by atoms with E-state index in [1.807, 2.05) is 0 Å². The van der Waals surface area contributed by atoms with Gasteiger partial charge in [0.05, 0.1) is 0 Å². The van der Waals surface area contributed by atoms with Crippen LogP contribution < -0.4 is 0 Å². The van der Waals surface area contributed by atoms with Gasteiger partial charge in [0.15, 0.2) is 0 Å². The maximum Gasteiger partial charge on any atom is 0.00219 e. The van der Waals surface area contributed by atoms with Crippen LogP contribution in [0.15, 0.2) is 24.3 Å². The zero-order chi connectivity index (χ0) is 14.8. The van der Waals surface area contributed by atoms with Crippen LogP contribution in [0.3, 0.4) is 0 Å². The van der Waals surface area contributed by atoms with E-state index in [1.165, 1.54) is 43.6 Å². The summed E-state index contributed by atoms with van der Waals surface area (Å²) in [5.41, 5.74) is 3.17. The third kappa shape index (κ3) is 4.09. The van der Waals surface area contributed by atoms with Crippen molar-refractivity contribution in [1.29, 1.82) is 0 Å². The molecule has 2 rings (SSSR count). The van der Waals surface area contributed by atoms with Crippen molar-refractivity contribution in [3.63, 3.8) is 0 Å². The second-order valence-corrected chi connectivity index (χ2v) is 7.74. The summed E-state index contributed by atoms with van der Waals surface area (Å²) in [5.74, 6) is 1.75. The van der Waals surface area contributed by atoms with E-state index in [0.717, 1.165) is 11.8 Å². The molecule has 1 saturated heterocycles. The zero-order valence-corrected chi connectivity index (χ0v) is 13.9. The van der Waals surface area contributed by atoms with Crippen molar-refractivity contribution in [2.75, 3.05) is 19.6 Å². The average molecular weight is 273 g/mol. The van der Waals surface area contributed by atoms with E-state index >= 15 is 0 Å². The molecule has 1 fully saturated rings. The third-order valence-corrected chi connectivity index (χ3v) is 4.95. The molecule has 0 radical (unpaired) electrons. The lowest BCUT2D eigenvalue weighted by atomic mass is 9.86.